The number of hydrogen-bond donors (Lipinski definition) is 1. The lowest BCUT2D eigenvalue weighted by atomic mass is 10.1. The topological polar surface area (TPSA) is 43.1 Å². The first-order valence-electron chi connectivity index (χ1n) is 5.06. The Labute approximate surface area is 87.1 Å². The lowest BCUT2D eigenvalue weighted by molar-refractivity contribution is 0.601. The fourth-order valence-electron chi connectivity index (χ4n) is 1.26. The van der Waals surface area contributed by atoms with E-state index < -0.39 is 8.68 Å². The van der Waals surface area contributed by atoms with Gasteiger partial charge in [-0.05, 0) is 17.6 Å². The Kier molecular flexibility index (Phi) is 7.90. The Morgan fingerprint density at radius 1 is 1.08 bits per heavy atom. The fourth-order valence-corrected chi connectivity index (χ4v) is 2.22. The Morgan fingerprint density at radius 3 is 2.00 bits per heavy atom. The van der Waals surface area contributed by atoms with Gasteiger partial charge in [0.15, 0.2) is 0 Å². The number of hydrogen-bond acceptors (Lipinski definition) is 2. The SMILES string of the molecule is CCCCCCCCCS(N)(=O)=S. The summed E-state index contributed by atoms with van der Waals surface area (Å²) in [4.78, 5) is 0. The average Bonchev–Trinajstić information content (AvgIpc) is 2.01. The lowest BCUT2D eigenvalue weighted by Gasteiger charge is -2.01. The minimum Gasteiger partial charge on any atom is -0.251 e. The maximum Gasteiger partial charge on any atom is 0.0871 e. The molecule has 1 unspecified atom stereocenters. The molecule has 0 aromatic rings. The van der Waals surface area contributed by atoms with E-state index >= 15 is 0 Å². The van der Waals surface area contributed by atoms with Gasteiger partial charge >= 0.3 is 0 Å². The summed E-state index contributed by atoms with van der Waals surface area (Å²) >= 11 is 4.61. The van der Waals surface area contributed by atoms with Crippen LogP contribution in [0.5, 0.6) is 0 Å². The van der Waals surface area contributed by atoms with Crippen molar-refractivity contribution in [1.82, 2.24) is 0 Å². The van der Waals surface area contributed by atoms with Crippen LogP contribution < -0.4 is 5.14 Å². The molecule has 0 rings (SSSR count). The normalized spacial score (nSPS) is 15.5. The molecule has 0 aliphatic carbocycles. The molecule has 0 heterocycles. The Hall–Kier alpha value is 0.330. The molecule has 2 N–H and O–H groups in total. The molecule has 0 amide bonds. The molecule has 80 valence electrons. The van der Waals surface area contributed by atoms with E-state index in [0.29, 0.717) is 5.75 Å². The van der Waals surface area contributed by atoms with E-state index in [1.807, 2.05) is 0 Å². The molecule has 13 heavy (non-hydrogen) atoms. The number of nitrogens with two attached hydrogens (primary N) is 1. The van der Waals surface area contributed by atoms with Gasteiger partial charge in [0, 0.05) is 5.75 Å². The Morgan fingerprint density at radius 2 is 1.54 bits per heavy atom. The van der Waals surface area contributed by atoms with E-state index in [2.05, 4.69) is 18.1 Å². The number of rotatable bonds is 8. The van der Waals surface area contributed by atoms with Crippen molar-refractivity contribution in [3.63, 3.8) is 0 Å². The standard InChI is InChI=1S/C9H21NOS2/c1-2-3-4-5-6-7-8-9-13(10,11)12/h2-9H2,1H3,(H2,10,11,12). The van der Waals surface area contributed by atoms with Crippen LogP contribution in [0.2, 0.25) is 0 Å². The van der Waals surface area contributed by atoms with Crippen LogP contribution >= 0.6 is 0 Å². The summed E-state index contributed by atoms with van der Waals surface area (Å²) in [5.41, 5.74) is 0. The zero-order valence-corrected chi connectivity index (χ0v) is 10.1. The van der Waals surface area contributed by atoms with E-state index in [-0.39, 0.29) is 0 Å². The van der Waals surface area contributed by atoms with Crippen molar-refractivity contribution in [2.75, 3.05) is 5.75 Å². The number of unbranched alkanes of at least 4 members (excludes halogenated alkanes) is 6. The molecule has 0 bridgehead atoms. The first kappa shape index (κ1) is 13.3. The summed E-state index contributed by atoms with van der Waals surface area (Å²) in [5, 5.41) is 5.24. The fraction of sp³-hybridized carbons (Fsp3) is 1.00. The first-order valence-corrected chi connectivity index (χ1v) is 7.78. The van der Waals surface area contributed by atoms with Crippen LogP contribution in [-0.2, 0) is 19.9 Å². The highest BCUT2D eigenvalue weighted by molar-refractivity contribution is 8.31. The summed E-state index contributed by atoms with van der Waals surface area (Å²) in [6.45, 7) is 2.21. The third kappa shape index (κ3) is 12.3. The van der Waals surface area contributed by atoms with Crippen LogP contribution in [0, 0.1) is 0 Å². The van der Waals surface area contributed by atoms with Crippen LogP contribution in [0.4, 0.5) is 0 Å². The molecule has 0 radical (unpaired) electrons. The van der Waals surface area contributed by atoms with E-state index in [0.717, 1.165) is 12.8 Å². The van der Waals surface area contributed by atoms with Crippen molar-refractivity contribution in [3.8, 4) is 0 Å². The maximum absolute atomic E-state index is 10.9. The summed E-state index contributed by atoms with van der Waals surface area (Å²) in [6.07, 6.45) is 8.49. The molecule has 0 spiro atoms. The maximum atomic E-state index is 10.9. The molecule has 0 saturated heterocycles. The lowest BCUT2D eigenvalue weighted by Crippen LogP contribution is -2.14. The third-order valence-electron chi connectivity index (χ3n) is 2.03. The molecule has 1 atom stereocenters. The molecule has 0 aliphatic heterocycles. The van der Waals surface area contributed by atoms with Gasteiger partial charge in [-0.15, -0.1) is 0 Å². The summed E-state index contributed by atoms with van der Waals surface area (Å²) < 4.78 is 10.9. The first-order chi connectivity index (χ1) is 6.06. The van der Waals surface area contributed by atoms with Gasteiger partial charge in [-0.2, -0.15) is 0 Å². The van der Waals surface area contributed by atoms with Gasteiger partial charge in [0.05, 0.1) is 8.68 Å². The minimum absolute atomic E-state index is 0.510. The van der Waals surface area contributed by atoms with Crippen LogP contribution in [0.3, 0.4) is 0 Å². The molecule has 2 nitrogen and oxygen atoms in total. The van der Waals surface area contributed by atoms with E-state index in [1.165, 1.54) is 32.1 Å². The highest BCUT2D eigenvalue weighted by Crippen LogP contribution is 2.07. The summed E-state index contributed by atoms with van der Waals surface area (Å²) in [5.74, 6) is 0.510. The van der Waals surface area contributed by atoms with Crippen LogP contribution in [0.1, 0.15) is 51.9 Å². The monoisotopic (exact) mass is 223 g/mol. The van der Waals surface area contributed by atoms with Crippen LogP contribution in [0.25, 0.3) is 0 Å². The van der Waals surface area contributed by atoms with E-state index in [4.69, 9.17) is 5.14 Å². The van der Waals surface area contributed by atoms with Gasteiger partial charge in [-0.1, -0.05) is 45.4 Å². The smallest absolute Gasteiger partial charge is 0.0871 e. The molecule has 0 saturated carbocycles. The van der Waals surface area contributed by atoms with Gasteiger partial charge < -0.3 is 0 Å². The van der Waals surface area contributed by atoms with Crippen molar-refractivity contribution in [1.29, 1.82) is 0 Å². The molecule has 4 heteroatoms. The highest BCUT2D eigenvalue weighted by Gasteiger charge is 1.97. The third-order valence-corrected chi connectivity index (χ3v) is 3.39. The van der Waals surface area contributed by atoms with E-state index in [1.54, 1.807) is 0 Å². The van der Waals surface area contributed by atoms with Crippen molar-refractivity contribution in [2.45, 2.75) is 51.9 Å². The van der Waals surface area contributed by atoms with E-state index in [9.17, 15) is 4.21 Å². The second-order valence-corrected chi connectivity index (χ2v) is 6.91. The van der Waals surface area contributed by atoms with Gasteiger partial charge in [0.1, 0.15) is 0 Å². The molecule has 0 aromatic carbocycles. The summed E-state index contributed by atoms with van der Waals surface area (Å²) in [7, 11) is -2.39. The van der Waals surface area contributed by atoms with Crippen molar-refractivity contribution >= 4 is 19.9 Å². The highest BCUT2D eigenvalue weighted by atomic mass is 32.8. The van der Waals surface area contributed by atoms with Gasteiger partial charge in [-0.3, -0.25) is 5.14 Å². The van der Waals surface area contributed by atoms with Gasteiger partial charge in [0.2, 0.25) is 0 Å². The van der Waals surface area contributed by atoms with Crippen molar-refractivity contribution < 1.29 is 4.21 Å². The van der Waals surface area contributed by atoms with Crippen LogP contribution in [0.15, 0.2) is 0 Å². The van der Waals surface area contributed by atoms with Crippen molar-refractivity contribution in [3.05, 3.63) is 0 Å². The van der Waals surface area contributed by atoms with Gasteiger partial charge in [-0.25, -0.2) is 4.21 Å². The predicted molar refractivity (Wildman–Crippen MR) is 62.6 cm³/mol. The Balaban J connectivity index is 3.09. The molecule has 0 aliphatic rings. The molecular formula is C9H21NOS2. The van der Waals surface area contributed by atoms with Crippen LogP contribution in [-0.4, -0.2) is 9.96 Å². The van der Waals surface area contributed by atoms with Gasteiger partial charge in [0.25, 0.3) is 0 Å². The molecule has 0 aromatic heterocycles. The Bertz CT molecular complexity index is 200. The quantitative estimate of drug-likeness (QED) is 0.642. The average molecular weight is 223 g/mol. The van der Waals surface area contributed by atoms with Crippen molar-refractivity contribution in [2.24, 2.45) is 5.14 Å². The predicted octanol–water partition coefficient (Wildman–Crippen LogP) is 2.36. The second-order valence-electron chi connectivity index (χ2n) is 3.49. The minimum atomic E-state index is -2.39. The summed E-state index contributed by atoms with van der Waals surface area (Å²) in [6, 6.07) is 0. The zero-order chi connectivity index (χ0) is 10.2. The molecular weight excluding hydrogens is 202 g/mol. The molecule has 0 fully saturated rings. The zero-order valence-electron chi connectivity index (χ0n) is 8.46. The second kappa shape index (κ2) is 7.71. The largest absolute Gasteiger partial charge is 0.251 e.